The lowest BCUT2D eigenvalue weighted by molar-refractivity contribution is -0.128. The molecule has 0 bridgehead atoms. The number of aliphatic imine (C=N–C) groups is 1. The molecule has 0 unspecified atom stereocenters. The highest BCUT2D eigenvalue weighted by molar-refractivity contribution is 7.90. The van der Waals surface area contributed by atoms with Gasteiger partial charge in [-0.05, 0) is 50.4 Å². The van der Waals surface area contributed by atoms with Gasteiger partial charge in [-0.15, -0.1) is 0 Å². The average molecular weight is 492 g/mol. The number of likely N-dealkylation sites (tertiary alicyclic amines) is 1. The molecular formula is C24H37N5O4S. The van der Waals surface area contributed by atoms with Gasteiger partial charge in [0.05, 0.1) is 17.4 Å². The fraction of sp³-hybridized carbons (Fsp3) is 0.625. The highest BCUT2D eigenvalue weighted by Gasteiger charge is 2.26. The van der Waals surface area contributed by atoms with Crippen LogP contribution < -0.4 is 15.4 Å². The molecule has 0 aliphatic carbocycles. The summed E-state index contributed by atoms with van der Waals surface area (Å²) in [5, 5.41) is 5.82. The summed E-state index contributed by atoms with van der Waals surface area (Å²) in [6, 6.07) is 6.20. The number of carbonyl (C=O) groups excluding carboxylic acids is 2. The summed E-state index contributed by atoms with van der Waals surface area (Å²) in [6.07, 6.45) is 7.62. The van der Waals surface area contributed by atoms with Crippen molar-refractivity contribution in [3.63, 3.8) is 0 Å². The molecule has 10 heteroatoms. The average Bonchev–Trinajstić information content (AvgIpc) is 3.31. The van der Waals surface area contributed by atoms with E-state index in [2.05, 4.69) is 27.3 Å². The zero-order valence-electron chi connectivity index (χ0n) is 20.0. The van der Waals surface area contributed by atoms with Crippen molar-refractivity contribution in [1.29, 1.82) is 0 Å². The number of piperidine rings is 1. The first-order valence-corrected chi connectivity index (χ1v) is 13.8. The lowest BCUT2D eigenvalue weighted by atomic mass is 9.97. The molecule has 3 rings (SSSR count). The van der Waals surface area contributed by atoms with Gasteiger partial charge in [-0.25, -0.2) is 8.42 Å². The molecule has 0 radical (unpaired) electrons. The third kappa shape index (κ3) is 8.09. The Morgan fingerprint density at radius 3 is 2.79 bits per heavy atom. The first-order chi connectivity index (χ1) is 16.4. The van der Waals surface area contributed by atoms with E-state index in [4.69, 9.17) is 0 Å². The van der Waals surface area contributed by atoms with Gasteiger partial charge in [-0.3, -0.25) is 24.2 Å². The molecule has 2 aliphatic rings. The SMILES string of the molecule is CCCCCCNC(=O)[C@@H]1CCCN(CC(=O)Nc2cccc(S(=O)(=O)NC3=NCCC3)c2)C1. The second kappa shape index (κ2) is 12.9. The summed E-state index contributed by atoms with van der Waals surface area (Å²) < 4.78 is 27.8. The van der Waals surface area contributed by atoms with Gasteiger partial charge in [0.15, 0.2) is 0 Å². The lowest BCUT2D eigenvalue weighted by Crippen LogP contribution is -2.45. The molecule has 2 aliphatic heterocycles. The second-order valence-electron chi connectivity index (χ2n) is 9.04. The molecule has 9 nitrogen and oxygen atoms in total. The van der Waals surface area contributed by atoms with Crippen LogP contribution in [0.15, 0.2) is 34.2 Å². The molecule has 34 heavy (non-hydrogen) atoms. The number of hydrogen-bond donors (Lipinski definition) is 3. The molecule has 1 atom stereocenters. The molecule has 2 heterocycles. The topological polar surface area (TPSA) is 120 Å². The van der Waals surface area contributed by atoms with Gasteiger partial charge in [-0.2, -0.15) is 0 Å². The van der Waals surface area contributed by atoms with E-state index in [1.807, 2.05) is 4.90 Å². The number of anilines is 1. The van der Waals surface area contributed by atoms with Crippen LogP contribution in [0.3, 0.4) is 0 Å². The van der Waals surface area contributed by atoms with Crippen molar-refractivity contribution in [3.05, 3.63) is 24.3 Å². The molecule has 188 valence electrons. The van der Waals surface area contributed by atoms with Crippen molar-refractivity contribution >= 4 is 33.4 Å². The number of sulfonamides is 1. The van der Waals surface area contributed by atoms with Crippen LogP contribution in [0.2, 0.25) is 0 Å². The van der Waals surface area contributed by atoms with Crippen molar-refractivity contribution in [2.45, 2.75) is 63.2 Å². The Hall–Kier alpha value is -2.46. The molecule has 1 aromatic carbocycles. The molecule has 3 N–H and O–H groups in total. The predicted octanol–water partition coefficient (Wildman–Crippen LogP) is 2.50. The van der Waals surface area contributed by atoms with Crippen LogP contribution in [-0.4, -0.2) is 63.7 Å². The van der Waals surface area contributed by atoms with Crippen molar-refractivity contribution in [1.82, 2.24) is 14.9 Å². The Balaban J connectivity index is 1.48. The summed E-state index contributed by atoms with van der Waals surface area (Å²) in [6.45, 7) is 4.96. The fourth-order valence-electron chi connectivity index (χ4n) is 4.30. The fourth-order valence-corrected chi connectivity index (χ4v) is 5.44. The Morgan fingerprint density at radius 1 is 1.18 bits per heavy atom. The van der Waals surface area contributed by atoms with E-state index in [1.54, 1.807) is 12.1 Å². The van der Waals surface area contributed by atoms with Crippen LogP contribution in [0, 0.1) is 5.92 Å². The zero-order valence-corrected chi connectivity index (χ0v) is 20.8. The van der Waals surface area contributed by atoms with Gasteiger partial charge in [0.25, 0.3) is 10.0 Å². The second-order valence-corrected chi connectivity index (χ2v) is 10.7. The molecule has 1 saturated heterocycles. The largest absolute Gasteiger partial charge is 0.356 e. The number of nitrogens with one attached hydrogen (secondary N) is 3. The molecule has 1 fully saturated rings. The third-order valence-electron chi connectivity index (χ3n) is 6.13. The molecule has 0 spiro atoms. The maximum absolute atomic E-state index is 12.6. The highest BCUT2D eigenvalue weighted by atomic mass is 32.2. The highest BCUT2D eigenvalue weighted by Crippen LogP contribution is 2.19. The van der Waals surface area contributed by atoms with Gasteiger partial charge < -0.3 is 10.6 Å². The third-order valence-corrected chi connectivity index (χ3v) is 7.51. The van der Waals surface area contributed by atoms with E-state index in [-0.39, 0.29) is 29.2 Å². The number of benzene rings is 1. The van der Waals surface area contributed by atoms with E-state index in [1.165, 1.54) is 25.0 Å². The number of amidine groups is 1. The van der Waals surface area contributed by atoms with Crippen LogP contribution >= 0.6 is 0 Å². The van der Waals surface area contributed by atoms with Crippen molar-refractivity contribution in [2.24, 2.45) is 10.9 Å². The Bertz CT molecular complexity index is 979. The van der Waals surface area contributed by atoms with Gasteiger partial charge in [0.2, 0.25) is 11.8 Å². The molecule has 2 amide bonds. The Labute approximate surface area is 202 Å². The lowest BCUT2D eigenvalue weighted by Gasteiger charge is -2.31. The van der Waals surface area contributed by atoms with E-state index < -0.39 is 10.0 Å². The number of carbonyl (C=O) groups is 2. The van der Waals surface area contributed by atoms with Crippen molar-refractivity contribution < 1.29 is 18.0 Å². The monoisotopic (exact) mass is 491 g/mol. The number of unbranched alkanes of at least 4 members (excludes halogenated alkanes) is 3. The summed E-state index contributed by atoms with van der Waals surface area (Å²) in [5.74, 6) is 0.201. The number of rotatable bonds is 11. The smallest absolute Gasteiger partial charge is 0.262 e. The Morgan fingerprint density at radius 2 is 2.03 bits per heavy atom. The number of nitrogens with zero attached hydrogens (tertiary/aromatic N) is 2. The molecule has 0 aromatic heterocycles. The molecule has 0 saturated carbocycles. The van der Waals surface area contributed by atoms with Crippen LogP contribution in [0.25, 0.3) is 0 Å². The number of amides is 2. The first-order valence-electron chi connectivity index (χ1n) is 12.3. The minimum Gasteiger partial charge on any atom is -0.356 e. The van der Waals surface area contributed by atoms with E-state index in [9.17, 15) is 18.0 Å². The maximum Gasteiger partial charge on any atom is 0.262 e. The molecular weight excluding hydrogens is 454 g/mol. The summed E-state index contributed by atoms with van der Waals surface area (Å²) in [4.78, 5) is 31.3. The van der Waals surface area contributed by atoms with Crippen LogP contribution in [0.1, 0.15) is 58.3 Å². The standard InChI is InChI=1S/C24H37N5O4S/c1-2-3-4-5-13-26-24(31)19-9-8-15-29(17-19)18-23(30)27-20-10-6-11-21(16-20)34(32,33)28-22-12-7-14-25-22/h6,10-11,16,19H,2-5,7-9,12-15,17-18H2,1H3,(H,25,28)(H,26,31)(H,27,30)/t19-/m1/s1. The normalized spacial score (nSPS) is 18.9. The van der Waals surface area contributed by atoms with Crippen molar-refractivity contribution in [2.75, 3.05) is 38.0 Å². The van der Waals surface area contributed by atoms with E-state index in [0.29, 0.717) is 37.6 Å². The Kier molecular flexibility index (Phi) is 9.88. The van der Waals surface area contributed by atoms with E-state index >= 15 is 0 Å². The van der Waals surface area contributed by atoms with Crippen LogP contribution in [-0.2, 0) is 19.6 Å². The van der Waals surface area contributed by atoms with Gasteiger partial charge in [-0.1, -0.05) is 32.3 Å². The summed E-state index contributed by atoms with van der Waals surface area (Å²) in [5.41, 5.74) is 0.416. The zero-order chi connectivity index (χ0) is 24.4. The predicted molar refractivity (Wildman–Crippen MR) is 133 cm³/mol. The van der Waals surface area contributed by atoms with Crippen LogP contribution in [0.4, 0.5) is 5.69 Å². The maximum atomic E-state index is 12.6. The molecule has 1 aromatic rings. The van der Waals surface area contributed by atoms with Crippen molar-refractivity contribution in [3.8, 4) is 0 Å². The summed E-state index contributed by atoms with van der Waals surface area (Å²) >= 11 is 0. The summed E-state index contributed by atoms with van der Waals surface area (Å²) in [7, 11) is -3.75. The van der Waals surface area contributed by atoms with Crippen LogP contribution in [0.5, 0.6) is 0 Å². The van der Waals surface area contributed by atoms with Gasteiger partial charge >= 0.3 is 0 Å². The van der Waals surface area contributed by atoms with Gasteiger partial charge in [0, 0.05) is 31.7 Å². The van der Waals surface area contributed by atoms with E-state index in [0.717, 1.165) is 38.6 Å². The van der Waals surface area contributed by atoms with Gasteiger partial charge in [0.1, 0.15) is 5.84 Å². The minimum absolute atomic E-state index is 0.0684. The quantitative estimate of drug-likeness (QED) is 0.411. The number of hydrogen-bond acceptors (Lipinski definition) is 6. The minimum atomic E-state index is -3.75. The first kappa shape index (κ1) is 26.2.